The number of amides is 1. The van der Waals surface area contributed by atoms with Gasteiger partial charge in [-0.25, -0.2) is 0 Å². The van der Waals surface area contributed by atoms with E-state index >= 15 is 0 Å². The largest absolute Gasteiger partial charge is 0.416 e. The molecular formula is C22H25N5O2S. The van der Waals surface area contributed by atoms with Crippen molar-refractivity contribution >= 4 is 29.0 Å². The quantitative estimate of drug-likeness (QED) is 0.585. The standard InChI is InChI=1S/C22H25N5O2S/c1-26-11-13-27(14-12-26)19-9-7-18(8-10-19)23-20(28)16-30-22-25-24-21(29-22)15-17-5-3-2-4-6-17/h2-10H,11-16H2,1H3,(H,23,28). The SMILES string of the molecule is CN1CCN(c2ccc(NC(=O)CSc3nnc(Cc4ccccc4)o3)cc2)CC1. The highest BCUT2D eigenvalue weighted by molar-refractivity contribution is 7.99. The van der Waals surface area contributed by atoms with Crippen molar-refractivity contribution in [2.24, 2.45) is 0 Å². The molecule has 0 saturated carbocycles. The van der Waals surface area contributed by atoms with Gasteiger partial charge >= 0.3 is 0 Å². The van der Waals surface area contributed by atoms with E-state index in [9.17, 15) is 4.79 Å². The number of piperazine rings is 1. The molecule has 0 bridgehead atoms. The second-order valence-corrected chi connectivity index (χ2v) is 8.22. The van der Waals surface area contributed by atoms with Gasteiger partial charge < -0.3 is 19.5 Å². The van der Waals surface area contributed by atoms with Crippen molar-refractivity contribution in [2.45, 2.75) is 11.6 Å². The van der Waals surface area contributed by atoms with Crippen LogP contribution in [0.2, 0.25) is 0 Å². The maximum absolute atomic E-state index is 12.3. The van der Waals surface area contributed by atoms with Gasteiger partial charge in [-0.15, -0.1) is 10.2 Å². The first-order chi connectivity index (χ1) is 14.7. The first-order valence-electron chi connectivity index (χ1n) is 9.98. The smallest absolute Gasteiger partial charge is 0.277 e. The molecule has 1 aliphatic heterocycles. The van der Waals surface area contributed by atoms with Crippen LogP contribution >= 0.6 is 11.8 Å². The lowest BCUT2D eigenvalue weighted by Gasteiger charge is -2.34. The molecule has 2 aromatic carbocycles. The molecule has 0 aliphatic carbocycles. The lowest BCUT2D eigenvalue weighted by atomic mass is 10.2. The van der Waals surface area contributed by atoms with Gasteiger partial charge in [0.1, 0.15) is 0 Å². The molecule has 1 N–H and O–H groups in total. The Morgan fingerprint density at radius 1 is 1.03 bits per heavy atom. The van der Waals surface area contributed by atoms with Gasteiger partial charge in [0.05, 0.1) is 12.2 Å². The lowest BCUT2D eigenvalue weighted by molar-refractivity contribution is -0.113. The third-order valence-electron chi connectivity index (χ3n) is 4.99. The number of rotatable bonds is 7. The summed E-state index contributed by atoms with van der Waals surface area (Å²) in [7, 11) is 2.15. The van der Waals surface area contributed by atoms with Gasteiger partial charge in [-0.1, -0.05) is 42.1 Å². The first kappa shape index (κ1) is 20.4. The van der Waals surface area contributed by atoms with Crippen LogP contribution in [0.4, 0.5) is 11.4 Å². The second-order valence-electron chi connectivity index (χ2n) is 7.30. The van der Waals surface area contributed by atoms with Crippen LogP contribution in [0.25, 0.3) is 0 Å². The Hall–Kier alpha value is -2.84. The Labute approximate surface area is 180 Å². The molecule has 0 atom stereocenters. The van der Waals surface area contributed by atoms with Gasteiger partial charge in [0.2, 0.25) is 11.8 Å². The molecule has 156 valence electrons. The van der Waals surface area contributed by atoms with E-state index in [0.29, 0.717) is 17.5 Å². The van der Waals surface area contributed by atoms with E-state index in [0.717, 1.165) is 37.4 Å². The molecule has 0 unspecified atom stereocenters. The van der Waals surface area contributed by atoms with Gasteiger partial charge in [0.15, 0.2) is 0 Å². The minimum Gasteiger partial charge on any atom is -0.416 e. The Morgan fingerprint density at radius 3 is 2.50 bits per heavy atom. The third kappa shape index (κ3) is 5.61. The van der Waals surface area contributed by atoms with E-state index in [4.69, 9.17) is 4.42 Å². The van der Waals surface area contributed by atoms with Crippen molar-refractivity contribution in [2.75, 3.05) is 49.2 Å². The zero-order valence-corrected chi connectivity index (χ0v) is 17.8. The van der Waals surface area contributed by atoms with Crippen LogP contribution in [0, 0.1) is 0 Å². The Bertz CT molecular complexity index is 953. The number of benzene rings is 2. The molecule has 8 heteroatoms. The highest BCUT2D eigenvalue weighted by Gasteiger charge is 2.14. The molecule has 1 saturated heterocycles. The number of hydrogen-bond acceptors (Lipinski definition) is 7. The fourth-order valence-electron chi connectivity index (χ4n) is 3.28. The van der Waals surface area contributed by atoms with Crippen LogP contribution < -0.4 is 10.2 Å². The highest BCUT2D eigenvalue weighted by Crippen LogP contribution is 2.21. The summed E-state index contributed by atoms with van der Waals surface area (Å²) in [4.78, 5) is 17.0. The Kier molecular flexibility index (Phi) is 6.66. The normalized spacial score (nSPS) is 14.6. The lowest BCUT2D eigenvalue weighted by Crippen LogP contribution is -2.44. The number of nitrogens with zero attached hydrogens (tertiary/aromatic N) is 4. The van der Waals surface area contributed by atoms with Crippen LogP contribution in [0.3, 0.4) is 0 Å². The molecule has 3 aromatic rings. The number of anilines is 2. The molecule has 1 aliphatic rings. The molecule has 1 aromatic heterocycles. The summed E-state index contributed by atoms with van der Waals surface area (Å²) in [6.45, 7) is 4.18. The van der Waals surface area contributed by atoms with Gasteiger partial charge in [0.25, 0.3) is 5.22 Å². The average molecular weight is 424 g/mol. The van der Waals surface area contributed by atoms with E-state index in [2.05, 4.69) is 44.5 Å². The van der Waals surface area contributed by atoms with Crippen molar-refractivity contribution in [1.29, 1.82) is 0 Å². The topological polar surface area (TPSA) is 74.5 Å². The summed E-state index contributed by atoms with van der Waals surface area (Å²) in [5, 5.41) is 11.4. The van der Waals surface area contributed by atoms with Crippen molar-refractivity contribution in [1.82, 2.24) is 15.1 Å². The number of thioether (sulfide) groups is 1. The van der Waals surface area contributed by atoms with Crippen molar-refractivity contribution in [3.63, 3.8) is 0 Å². The predicted octanol–water partition coefficient (Wildman–Crippen LogP) is 3.14. The molecule has 2 heterocycles. The third-order valence-corrected chi connectivity index (χ3v) is 5.81. The highest BCUT2D eigenvalue weighted by atomic mass is 32.2. The average Bonchev–Trinajstić information content (AvgIpc) is 3.21. The predicted molar refractivity (Wildman–Crippen MR) is 119 cm³/mol. The minimum absolute atomic E-state index is 0.102. The first-order valence-corrected chi connectivity index (χ1v) is 11.0. The van der Waals surface area contributed by atoms with Crippen LogP contribution in [0.1, 0.15) is 11.5 Å². The van der Waals surface area contributed by atoms with Gasteiger partial charge in [-0.05, 0) is 36.9 Å². The number of hydrogen-bond donors (Lipinski definition) is 1. The Morgan fingerprint density at radius 2 is 1.77 bits per heavy atom. The summed E-state index contributed by atoms with van der Waals surface area (Å²) in [5.74, 6) is 0.659. The zero-order valence-electron chi connectivity index (χ0n) is 17.0. The van der Waals surface area contributed by atoms with Gasteiger partial charge in [0, 0.05) is 37.6 Å². The van der Waals surface area contributed by atoms with E-state index in [-0.39, 0.29) is 11.7 Å². The van der Waals surface area contributed by atoms with Crippen molar-refractivity contribution in [3.8, 4) is 0 Å². The van der Waals surface area contributed by atoms with Crippen LogP contribution in [0.5, 0.6) is 0 Å². The summed E-state index contributed by atoms with van der Waals surface area (Å²) in [6, 6.07) is 18.0. The molecular weight excluding hydrogens is 398 g/mol. The second kappa shape index (κ2) is 9.77. The molecule has 7 nitrogen and oxygen atoms in total. The minimum atomic E-state index is -0.102. The number of carbonyl (C=O) groups excluding carboxylic acids is 1. The molecule has 30 heavy (non-hydrogen) atoms. The number of likely N-dealkylation sites (N-methyl/N-ethyl adjacent to an activating group) is 1. The van der Waals surface area contributed by atoms with Crippen molar-refractivity contribution < 1.29 is 9.21 Å². The summed E-state index contributed by atoms with van der Waals surface area (Å²) in [5.41, 5.74) is 3.08. The fraction of sp³-hybridized carbons (Fsp3) is 0.318. The zero-order chi connectivity index (χ0) is 20.8. The summed E-state index contributed by atoms with van der Waals surface area (Å²) >= 11 is 1.24. The Balaban J connectivity index is 1.24. The summed E-state index contributed by atoms with van der Waals surface area (Å²) < 4.78 is 5.63. The van der Waals surface area contributed by atoms with E-state index in [1.165, 1.54) is 17.4 Å². The monoisotopic (exact) mass is 423 g/mol. The molecule has 1 fully saturated rings. The molecule has 0 spiro atoms. The van der Waals surface area contributed by atoms with E-state index in [1.54, 1.807) is 0 Å². The van der Waals surface area contributed by atoms with Crippen LogP contribution in [-0.4, -0.2) is 60.0 Å². The maximum atomic E-state index is 12.3. The fourth-order valence-corrected chi connectivity index (χ4v) is 3.86. The van der Waals surface area contributed by atoms with Gasteiger partial charge in [-0.3, -0.25) is 4.79 Å². The number of aromatic nitrogens is 2. The number of carbonyl (C=O) groups is 1. The summed E-state index contributed by atoms with van der Waals surface area (Å²) in [6.07, 6.45) is 0.584. The molecule has 0 radical (unpaired) electrons. The molecule has 1 amide bonds. The maximum Gasteiger partial charge on any atom is 0.277 e. The van der Waals surface area contributed by atoms with E-state index < -0.39 is 0 Å². The van der Waals surface area contributed by atoms with Gasteiger partial charge in [-0.2, -0.15) is 0 Å². The van der Waals surface area contributed by atoms with Crippen LogP contribution in [0.15, 0.2) is 64.2 Å². The van der Waals surface area contributed by atoms with Crippen LogP contribution in [-0.2, 0) is 11.2 Å². The van der Waals surface area contributed by atoms with E-state index in [1.807, 2.05) is 42.5 Å². The molecule has 4 rings (SSSR count). The van der Waals surface area contributed by atoms with Crippen molar-refractivity contribution in [3.05, 3.63) is 66.1 Å². The number of nitrogens with one attached hydrogen (secondary N) is 1.